The van der Waals surface area contributed by atoms with Gasteiger partial charge in [0.05, 0.1) is 24.6 Å². The lowest BCUT2D eigenvalue weighted by atomic mass is 9.95. The Morgan fingerprint density at radius 2 is 2.21 bits per heavy atom. The van der Waals surface area contributed by atoms with Crippen LogP contribution in [0.15, 0.2) is 12.4 Å². The molecule has 0 bridgehead atoms. The highest BCUT2D eigenvalue weighted by Crippen LogP contribution is 2.31. The van der Waals surface area contributed by atoms with Gasteiger partial charge in [-0.2, -0.15) is 5.10 Å². The number of carbonyl (C=O) groups excluding carboxylic acids is 1. The van der Waals surface area contributed by atoms with Crippen molar-refractivity contribution in [2.75, 3.05) is 6.54 Å². The van der Waals surface area contributed by atoms with Crippen LogP contribution in [0.5, 0.6) is 0 Å². The summed E-state index contributed by atoms with van der Waals surface area (Å²) in [5.41, 5.74) is 1.08. The molecule has 2 rings (SSSR count). The normalized spacial score (nSPS) is 22.4. The average molecular weight is 265 g/mol. The van der Waals surface area contributed by atoms with Crippen LogP contribution in [0.1, 0.15) is 24.8 Å². The summed E-state index contributed by atoms with van der Waals surface area (Å²) in [6, 6.07) is 0. The highest BCUT2D eigenvalue weighted by atomic mass is 16.4. The third-order valence-corrected chi connectivity index (χ3v) is 3.57. The van der Waals surface area contributed by atoms with Gasteiger partial charge in [-0.15, -0.1) is 0 Å². The van der Waals surface area contributed by atoms with Crippen LogP contribution in [0.4, 0.5) is 0 Å². The Labute approximate surface area is 111 Å². The zero-order chi connectivity index (χ0) is 13.8. The van der Waals surface area contributed by atoms with E-state index in [-0.39, 0.29) is 11.8 Å². The van der Waals surface area contributed by atoms with Gasteiger partial charge in [-0.05, 0) is 25.3 Å². The standard InChI is InChI=1S/C13H19N3O3/c1-9-7-15-16(8-9)6-5-14-12(17)10-3-2-4-11(10)13(18)19/h7-8,10-11H,2-6H2,1H3,(H,14,17)(H,18,19). The highest BCUT2D eigenvalue weighted by Gasteiger charge is 2.37. The van der Waals surface area contributed by atoms with Crippen LogP contribution in [0.25, 0.3) is 0 Å². The van der Waals surface area contributed by atoms with Crippen molar-refractivity contribution in [3.8, 4) is 0 Å². The van der Waals surface area contributed by atoms with Gasteiger partial charge in [-0.1, -0.05) is 6.42 Å². The number of aromatic nitrogens is 2. The van der Waals surface area contributed by atoms with Gasteiger partial charge in [0.15, 0.2) is 0 Å². The first kappa shape index (κ1) is 13.6. The molecular weight excluding hydrogens is 246 g/mol. The predicted molar refractivity (Wildman–Crippen MR) is 68.4 cm³/mol. The van der Waals surface area contributed by atoms with Crippen molar-refractivity contribution in [3.05, 3.63) is 18.0 Å². The molecule has 0 saturated heterocycles. The Morgan fingerprint density at radius 3 is 2.84 bits per heavy atom. The first-order chi connectivity index (χ1) is 9.08. The minimum absolute atomic E-state index is 0.145. The van der Waals surface area contributed by atoms with Crippen LogP contribution in [-0.2, 0) is 16.1 Å². The predicted octanol–water partition coefficient (Wildman–Crippen LogP) is 0.809. The fraction of sp³-hybridized carbons (Fsp3) is 0.615. The number of aryl methyl sites for hydroxylation is 1. The molecule has 6 nitrogen and oxygen atoms in total. The maximum Gasteiger partial charge on any atom is 0.307 e. The smallest absolute Gasteiger partial charge is 0.307 e. The minimum atomic E-state index is -0.861. The molecule has 1 aromatic rings. The number of rotatable bonds is 5. The van der Waals surface area contributed by atoms with E-state index in [1.807, 2.05) is 13.1 Å². The molecule has 104 valence electrons. The Kier molecular flexibility index (Phi) is 4.19. The van der Waals surface area contributed by atoms with Gasteiger partial charge < -0.3 is 10.4 Å². The van der Waals surface area contributed by atoms with E-state index in [9.17, 15) is 9.59 Å². The summed E-state index contributed by atoms with van der Waals surface area (Å²) in [5.74, 6) is -1.90. The number of hydrogen-bond donors (Lipinski definition) is 2. The third-order valence-electron chi connectivity index (χ3n) is 3.57. The van der Waals surface area contributed by atoms with Crippen LogP contribution in [-0.4, -0.2) is 33.3 Å². The maximum absolute atomic E-state index is 12.0. The Hall–Kier alpha value is -1.85. The summed E-state index contributed by atoms with van der Waals surface area (Å²) in [6.45, 7) is 3.03. The molecule has 1 saturated carbocycles. The van der Waals surface area contributed by atoms with Gasteiger partial charge in [0, 0.05) is 12.7 Å². The molecule has 1 aromatic heterocycles. The van der Waals surface area contributed by atoms with Crippen molar-refractivity contribution in [1.29, 1.82) is 0 Å². The second kappa shape index (κ2) is 5.86. The number of carbonyl (C=O) groups is 2. The lowest BCUT2D eigenvalue weighted by Gasteiger charge is -2.15. The van der Waals surface area contributed by atoms with E-state index < -0.39 is 11.9 Å². The molecule has 0 spiro atoms. The Balaban J connectivity index is 1.79. The van der Waals surface area contributed by atoms with Crippen LogP contribution >= 0.6 is 0 Å². The number of hydrogen-bond acceptors (Lipinski definition) is 3. The number of carboxylic acids is 1. The van der Waals surface area contributed by atoms with Gasteiger partial charge in [0.1, 0.15) is 0 Å². The first-order valence-electron chi connectivity index (χ1n) is 6.57. The average Bonchev–Trinajstić information content (AvgIpc) is 2.97. The largest absolute Gasteiger partial charge is 0.481 e. The van der Waals surface area contributed by atoms with Crippen LogP contribution in [0.3, 0.4) is 0 Å². The molecule has 1 aliphatic rings. The van der Waals surface area contributed by atoms with Crippen LogP contribution < -0.4 is 5.32 Å². The molecular formula is C13H19N3O3. The quantitative estimate of drug-likeness (QED) is 0.825. The van der Waals surface area contributed by atoms with E-state index in [0.29, 0.717) is 25.9 Å². The van der Waals surface area contributed by atoms with Crippen molar-refractivity contribution in [2.24, 2.45) is 11.8 Å². The van der Waals surface area contributed by atoms with Crippen molar-refractivity contribution in [3.63, 3.8) is 0 Å². The van der Waals surface area contributed by atoms with E-state index >= 15 is 0 Å². The fourth-order valence-electron chi connectivity index (χ4n) is 2.58. The number of nitrogens with one attached hydrogen (secondary N) is 1. The molecule has 2 atom stereocenters. The van der Waals surface area contributed by atoms with Gasteiger partial charge in [-0.25, -0.2) is 0 Å². The van der Waals surface area contributed by atoms with Gasteiger partial charge in [0.25, 0.3) is 0 Å². The van der Waals surface area contributed by atoms with Crippen molar-refractivity contribution >= 4 is 11.9 Å². The van der Waals surface area contributed by atoms with Crippen molar-refractivity contribution < 1.29 is 14.7 Å². The summed E-state index contributed by atoms with van der Waals surface area (Å²) in [5, 5.41) is 16.0. The summed E-state index contributed by atoms with van der Waals surface area (Å²) >= 11 is 0. The molecule has 1 fully saturated rings. The molecule has 0 aromatic carbocycles. The van der Waals surface area contributed by atoms with Gasteiger partial charge in [-0.3, -0.25) is 14.3 Å². The Bertz CT molecular complexity index is 469. The second-order valence-corrected chi connectivity index (χ2v) is 5.05. The molecule has 19 heavy (non-hydrogen) atoms. The van der Waals surface area contributed by atoms with Crippen LogP contribution in [0, 0.1) is 18.8 Å². The number of nitrogens with zero attached hydrogens (tertiary/aromatic N) is 2. The van der Waals surface area contributed by atoms with E-state index in [2.05, 4.69) is 10.4 Å². The first-order valence-corrected chi connectivity index (χ1v) is 6.57. The molecule has 2 N–H and O–H groups in total. The zero-order valence-electron chi connectivity index (χ0n) is 11.0. The number of amides is 1. The summed E-state index contributed by atoms with van der Waals surface area (Å²) in [7, 11) is 0. The lowest BCUT2D eigenvalue weighted by molar-refractivity contribution is -0.146. The monoisotopic (exact) mass is 265 g/mol. The number of carboxylic acid groups (broad SMARTS) is 1. The minimum Gasteiger partial charge on any atom is -0.481 e. The summed E-state index contributed by atoms with van der Waals surface area (Å²) < 4.78 is 1.76. The second-order valence-electron chi connectivity index (χ2n) is 5.05. The van der Waals surface area contributed by atoms with E-state index in [4.69, 9.17) is 5.11 Å². The topological polar surface area (TPSA) is 84.2 Å². The van der Waals surface area contributed by atoms with E-state index in [1.54, 1.807) is 10.9 Å². The van der Waals surface area contributed by atoms with E-state index in [0.717, 1.165) is 12.0 Å². The molecule has 1 amide bonds. The SMILES string of the molecule is Cc1cnn(CCNC(=O)C2CCCC2C(=O)O)c1. The molecule has 0 radical (unpaired) electrons. The van der Waals surface area contributed by atoms with E-state index in [1.165, 1.54) is 0 Å². The third kappa shape index (κ3) is 3.33. The zero-order valence-corrected chi connectivity index (χ0v) is 11.0. The summed E-state index contributed by atoms with van der Waals surface area (Å²) in [4.78, 5) is 23.0. The van der Waals surface area contributed by atoms with Crippen molar-refractivity contribution in [1.82, 2.24) is 15.1 Å². The molecule has 1 aliphatic carbocycles. The maximum atomic E-state index is 12.0. The molecule has 2 unspecified atom stereocenters. The molecule has 6 heteroatoms. The van der Waals surface area contributed by atoms with Gasteiger partial charge in [0.2, 0.25) is 5.91 Å². The molecule has 0 aliphatic heterocycles. The summed E-state index contributed by atoms with van der Waals surface area (Å²) in [6.07, 6.45) is 5.75. The van der Waals surface area contributed by atoms with Crippen LogP contribution in [0.2, 0.25) is 0 Å². The Morgan fingerprint density at radius 1 is 1.47 bits per heavy atom. The highest BCUT2D eigenvalue weighted by molar-refractivity contribution is 5.85. The number of aliphatic carboxylic acids is 1. The molecule has 1 heterocycles. The van der Waals surface area contributed by atoms with Crippen molar-refractivity contribution in [2.45, 2.75) is 32.7 Å². The lowest BCUT2D eigenvalue weighted by Crippen LogP contribution is -2.36. The fourth-order valence-corrected chi connectivity index (χ4v) is 2.58. The van der Waals surface area contributed by atoms with Gasteiger partial charge >= 0.3 is 5.97 Å².